The van der Waals surface area contributed by atoms with Crippen molar-refractivity contribution in [2.45, 2.75) is 57.9 Å². The number of carbonyl (C=O) groups excluding carboxylic acids is 2. The molecule has 1 N–H and O–H groups in total. The van der Waals surface area contributed by atoms with Crippen molar-refractivity contribution in [2.24, 2.45) is 0 Å². The van der Waals surface area contributed by atoms with Crippen LogP contribution < -0.4 is 20.1 Å². The Morgan fingerprint density at radius 1 is 1.06 bits per heavy atom. The molecule has 0 unspecified atom stereocenters. The topological polar surface area (TPSA) is 136 Å². The number of anilines is 2. The lowest BCUT2D eigenvalue weighted by atomic mass is 9.92. The number of fused-ring (bicyclic) bond motifs is 3. The van der Waals surface area contributed by atoms with Gasteiger partial charge in [0.15, 0.2) is 0 Å². The van der Waals surface area contributed by atoms with Gasteiger partial charge in [0.1, 0.15) is 17.4 Å². The summed E-state index contributed by atoms with van der Waals surface area (Å²) in [5.74, 6) is -3.30. The number of carbonyl (C=O) groups is 2. The van der Waals surface area contributed by atoms with Gasteiger partial charge in [-0.05, 0) is 69.5 Å². The predicted octanol–water partition coefficient (Wildman–Crippen LogP) is 3.58. The molecule has 1 aromatic heterocycles. The molecule has 13 nitrogen and oxygen atoms in total. The van der Waals surface area contributed by atoms with Crippen LogP contribution in [0.4, 0.5) is 28.9 Å². The average molecular weight is 781 g/mol. The van der Waals surface area contributed by atoms with Crippen LogP contribution in [0.5, 0.6) is 0 Å². The fraction of sp³-hybridized carbons (Fsp3) is 0.528. The Hall–Kier alpha value is -4.26. The van der Waals surface area contributed by atoms with E-state index in [0.29, 0.717) is 18.3 Å². The van der Waals surface area contributed by atoms with E-state index in [4.69, 9.17) is 9.15 Å². The lowest BCUT2D eigenvalue weighted by Gasteiger charge is -2.41. The molecule has 6 rings (SSSR count). The summed E-state index contributed by atoms with van der Waals surface area (Å²) in [6.45, 7) is 6.32. The minimum absolute atomic E-state index is 0.0556. The monoisotopic (exact) mass is 780 g/mol. The maximum absolute atomic E-state index is 15.7. The van der Waals surface area contributed by atoms with Crippen LogP contribution in [0.15, 0.2) is 27.4 Å². The molecule has 2 aromatic carbocycles. The Morgan fingerprint density at radius 3 is 2.44 bits per heavy atom. The van der Waals surface area contributed by atoms with Gasteiger partial charge in [0.25, 0.3) is 11.8 Å². The zero-order valence-corrected chi connectivity index (χ0v) is 31.8. The molecule has 3 aliphatic rings. The van der Waals surface area contributed by atoms with Gasteiger partial charge in [-0.1, -0.05) is 0 Å². The summed E-state index contributed by atoms with van der Waals surface area (Å²) in [5.41, 5.74) is 2.58. The summed E-state index contributed by atoms with van der Waals surface area (Å²) in [7, 11) is 1.72. The molecule has 0 spiro atoms. The highest BCUT2D eigenvalue weighted by Gasteiger charge is 2.50. The average Bonchev–Trinajstić information content (AvgIpc) is 3.63. The van der Waals surface area contributed by atoms with Crippen LogP contribution >= 0.6 is 0 Å². The first kappa shape index (κ1) is 39.4. The van der Waals surface area contributed by atoms with E-state index in [9.17, 15) is 36.0 Å². The Bertz CT molecular complexity index is 2160. The highest BCUT2D eigenvalue weighted by atomic mass is 32.2. The lowest BCUT2D eigenvalue weighted by Crippen LogP contribution is -2.53. The minimum Gasteiger partial charge on any atom is -0.422 e. The number of benzene rings is 2. The molecule has 54 heavy (non-hydrogen) atoms. The highest BCUT2D eigenvalue weighted by molar-refractivity contribution is 7.87. The number of piperazine rings is 1. The van der Waals surface area contributed by atoms with Crippen LogP contribution in [-0.4, -0.2) is 120 Å². The summed E-state index contributed by atoms with van der Waals surface area (Å²) < 4.78 is 95.2. The number of methoxy groups -OCH3 is 1. The number of halogens is 4. The standard InChI is InChI=1S/C36H44F4N6O7S/c1-20-14-28(44-13-12-43(5)22(17-44)19-52-6)21(2)32-31(20)23-9-11-45(18-26(23)35(49)53-32)34(48)24-16-29(42(3)4)25(15-27(24)37)33(47)41-54(50,51)46-10-7-8-30(46)36(38,39)40/h14-16,22,30H,7-13,17-19H2,1-6H3,(H,41,47)/t22-,30+/m1/s1. The van der Waals surface area contributed by atoms with Gasteiger partial charge in [-0.15, -0.1) is 0 Å². The van der Waals surface area contributed by atoms with Crippen molar-refractivity contribution in [3.63, 3.8) is 0 Å². The third-order valence-electron chi connectivity index (χ3n) is 10.7. The van der Waals surface area contributed by atoms with E-state index in [0.717, 1.165) is 53.5 Å². The molecule has 2 saturated heterocycles. The molecule has 0 radical (unpaired) electrons. The predicted molar refractivity (Wildman–Crippen MR) is 194 cm³/mol. The molecule has 2 fully saturated rings. The lowest BCUT2D eigenvalue weighted by molar-refractivity contribution is -0.165. The van der Waals surface area contributed by atoms with Crippen molar-refractivity contribution in [3.05, 3.63) is 67.8 Å². The second-order valence-electron chi connectivity index (χ2n) is 14.4. The number of hydrogen-bond donors (Lipinski definition) is 1. The second-order valence-corrected chi connectivity index (χ2v) is 16.0. The molecule has 18 heteroatoms. The zero-order chi connectivity index (χ0) is 39.4. The Labute approximate surface area is 310 Å². The number of amides is 2. The molecule has 0 bridgehead atoms. The van der Waals surface area contributed by atoms with E-state index in [2.05, 4.69) is 22.9 Å². The van der Waals surface area contributed by atoms with E-state index >= 15 is 4.39 Å². The van der Waals surface area contributed by atoms with Crippen LogP contribution in [-0.2, 0) is 27.9 Å². The number of hydrogen-bond acceptors (Lipinski definition) is 10. The van der Waals surface area contributed by atoms with Crippen molar-refractivity contribution >= 4 is 44.4 Å². The van der Waals surface area contributed by atoms with Gasteiger partial charge in [0, 0.05) is 70.6 Å². The van der Waals surface area contributed by atoms with Crippen LogP contribution in [0.1, 0.15) is 55.8 Å². The first-order chi connectivity index (χ1) is 25.3. The van der Waals surface area contributed by atoms with E-state index in [-0.39, 0.29) is 47.5 Å². The number of rotatable bonds is 8. The maximum atomic E-state index is 15.7. The molecule has 3 aliphatic heterocycles. The Morgan fingerprint density at radius 2 is 1.78 bits per heavy atom. The van der Waals surface area contributed by atoms with Crippen LogP contribution in [0.2, 0.25) is 0 Å². The van der Waals surface area contributed by atoms with E-state index in [1.54, 1.807) is 11.8 Å². The van der Waals surface area contributed by atoms with Crippen molar-refractivity contribution < 1.29 is 44.7 Å². The first-order valence-electron chi connectivity index (χ1n) is 17.6. The first-order valence-corrected chi connectivity index (χ1v) is 19.0. The molecular weight excluding hydrogens is 736 g/mol. The largest absolute Gasteiger partial charge is 0.422 e. The Kier molecular flexibility index (Phi) is 10.8. The summed E-state index contributed by atoms with van der Waals surface area (Å²) in [6, 6.07) is 1.74. The van der Waals surface area contributed by atoms with Gasteiger partial charge in [-0.25, -0.2) is 13.9 Å². The number of alkyl halides is 3. The molecule has 2 atom stereocenters. The molecule has 3 aromatic rings. The smallest absolute Gasteiger partial charge is 0.405 e. The fourth-order valence-electron chi connectivity index (χ4n) is 7.82. The van der Waals surface area contributed by atoms with Gasteiger partial charge in [0.2, 0.25) is 0 Å². The van der Waals surface area contributed by atoms with Crippen LogP contribution in [0, 0.1) is 19.7 Å². The normalized spacial score (nSPS) is 20.0. The highest BCUT2D eigenvalue weighted by Crippen LogP contribution is 2.37. The summed E-state index contributed by atoms with van der Waals surface area (Å²) in [4.78, 5) is 47.7. The quantitative estimate of drug-likeness (QED) is 0.267. The third kappa shape index (κ3) is 7.27. The molecule has 0 aliphatic carbocycles. The fourth-order valence-corrected chi connectivity index (χ4v) is 9.22. The van der Waals surface area contributed by atoms with Gasteiger partial charge >= 0.3 is 22.0 Å². The van der Waals surface area contributed by atoms with Crippen LogP contribution in [0.25, 0.3) is 11.0 Å². The van der Waals surface area contributed by atoms with Gasteiger partial charge in [-0.2, -0.15) is 25.9 Å². The van der Waals surface area contributed by atoms with Crippen molar-refractivity contribution in [1.82, 2.24) is 18.8 Å². The number of ether oxygens (including phenoxy) is 1. The number of nitrogens with zero attached hydrogens (tertiary/aromatic N) is 5. The maximum Gasteiger partial charge on any atom is 0.405 e. The summed E-state index contributed by atoms with van der Waals surface area (Å²) in [6.07, 6.45) is -5.08. The third-order valence-corrected chi connectivity index (χ3v) is 12.2. The second kappa shape index (κ2) is 14.8. The van der Waals surface area contributed by atoms with Gasteiger partial charge in [0.05, 0.1) is 41.6 Å². The zero-order valence-electron chi connectivity index (χ0n) is 31.0. The van der Waals surface area contributed by atoms with E-state index in [1.165, 1.54) is 23.9 Å². The van der Waals surface area contributed by atoms with Gasteiger partial charge < -0.3 is 23.9 Å². The van der Waals surface area contributed by atoms with E-state index in [1.807, 2.05) is 13.8 Å². The van der Waals surface area contributed by atoms with Crippen molar-refractivity contribution in [3.8, 4) is 0 Å². The number of likely N-dealkylation sites (N-methyl/N-ethyl adjacent to an activating group) is 1. The number of aryl methyl sites for hydroxylation is 2. The number of nitrogens with one attached hydrogen (secondary N) is 1. The molecule has 294 valence electrons. The summed E-state index contributed by atoms with van der Waals surface area (Å²) >= 11 is 0. The van der Waals surface area contributed by atoms with E-state index < -0.39 is 69.8 Å². The SMILES string of the molecule is COC[C@H]1CN(c2cc(C)c3c4c(c(=O)oc3c2C)CN(C(=O)c2cc(N(C)C)c(C(=O)NS(=O)(=O)N3CCC[C@H]3C(F)(F)F)cc2F)CC4)CCN1C. The summed E-state index contributed by atoms with van der Waals surface area (Å²) in [5, 5.41) is 0.794. The molecule has 2 amide bonds. The van der Waals surface area contributed by atoms with Crippen molar-refractivity contribution in [1.29, 1.82) is 0 Å². The van der Waals surface area contributed by atoms with Crippen LogP contribution in [0.3, 0.4) is 0 Å². The Balaban J connectivity index is 1.26. The van der Waals surface area contributed by atoms with Gasteiger partial charge in [-0.3, -0.25) is 14.5 Å². The molecule has 4 heterocycles. The molecular formula is C36H44F4N6O7S. The minimum atomic E-state index is -4.96. The molecule has 0 saturated carbocycles. The van der Waals surface area contributed by atoms with Crippen molar-refractivity contribution in [2.75, 3.05) is 77.4 Å².